The molecule has 0 spiro atoms. The maximum absolute atomic E-state index is 10.6. The number of anilines is 1. The van der Waals surface area contributed by atoms with E-state index in [1.165, 1.54) is 5.69 Å². The molecule has 0 aliphatic rings. The van der Waals surface area contributed by atoms with E-state index < -0.39 is 0 Å². The molecular formula is C25H23NO3. The Hall–Kier alpha value is -3.66. The molecule has 4 heteroatoms. The van der Waals surface area contributed by atoms with Crippen LogP contribution in [0.3, 0.4) is 0 Å². The molecule has 4 rings (SSSR count). The molecule has 4 aromatic rings. The molecule has 0 aliphatic carbocycles. The molecule has 4 nitrogen and oxygen atoms in total. The van der Waals surface area contributed by atoms with Gasteiger partial charge in [0.1, 0.15) is 18.3 Å². The SMILES string of the molecule is CN(C)c1ccc2cc(C=O)ccc2c1.COc1ccc2cc(C=O)ccc2c1. The summed E-state index contributed by atoms with van der Waals surface area (Å²) >= 11 is 0. The van der Waals surface area contributed by atoms with Gasteiger partial charge in [0, 0.05) is 30.9 Å². The number of benzene rings is 4. The fourth-order valence-corrected chi connectivity index (χ4v) is 3.05. The average Bonchev–Trinajstić information content (AvgIpc) is 2.77. The van der Waals surface area contributed by atoms with Gasteiger partial charge in [0.15, 0.2) is 0 Å². The first kappa shape index (κ1) is 20.1. The lowest BCUT2D eigenvalue weighted by atomic mass is 10.1. The quantitative estimate of drug-likeness (QED) is 0.443. The molecule has 0 heterocycles. The van der Waals surface area contributed by atoms with E-state index in [0.29, 0.717) is 5.56 Å². The van der Waals surface area contributed by atoms with Gasteiger partial charge in [-0.2, -0.15) is 0 Å². The molecule has 0 unspecified atom stereocenters. The summed E-state index contributed by atoms with van der Waals surface area (Å²) in [5.41, 5.74) is 2.59. The standard InChI is InChI=1S/C13H13NO.C12H10O2/c1-14(2)13-6-5-11-7-10(9-15)3-4-12(11)8-13;1-14-12-5-4-10-6-9(8-13)2-3-11(10)7-12/h3-9H,1-2H3;2-8H,1H3. The van der Waals surface area contributed by atoms with Crippen LogP contribution in [-0.4, -0.2) is 33.8 Å². The second kappa shape index (κ2) is 9.02. The van der Waals surface area contributed by atoms with Crippen LogP contribution in [-0.2, 0) is 0 Å². The lowest BCUT2D eigenvalue weighted by Crippen LogP contribution is -2.07. The lowest BCUT2D eigenvalue weighted by Gasteiger charge is -2.12. The molecular weight excluding hydrogens is 362 g/mol. The van der Waals surface area contributed by atoms with Crippen molar-refractivity contribution in [2.24, 2.45) is 0 Å². The number of carbonyl (C=O) groups is 2. The predicted molar refractivity (Wildman–Crippen MR) is 120 cm³/mol. The first-order valence-corrected chi connectivity index (χ1v) is 9.23. The van der Waals surface area contributed by atoms with Crippen molar-refractivity contribution in [2.75, 3.05) is 26.1 Å². The highest BCUT2D eigenvalue weighted by molar-refractivity contribution is 5.91. The Morgan fingerprint density at radius 1 is 0.655 bits per heavy atom. The third kappa shape index (κ3) is 4.79. The summed E-state index contributed by atoms with van der Waals surface area (Å²) in [6.07, 6.45) is 1.73. The highest BCUT2D eigenvalue weighted by Crippen LogP contribution is 2.22. The van der Waals surface area contributed by atoms with E-state index in [1.807, 2.05) is 68.7 Å². The molecule has 4 aromatic carbocycles. The van der Waals surface area contributed by atoms with Gasteiger partial charge in [0.25, 0.3) is 0 Å². The van der Waals surface area contributed by atoms with Gasteiger partial charge < -0.3 is 9.64 Å². The summed E-state index contributed by atoms with van der Waals surface area (Å²) in [6, 6.07) is 23.3. The normalized spacial score (nSPS) is 10.2. The van der Waals surface area contributed by atoms with Gasteiger partial charge in [-0.05, 0) is 57.9 Å². The molecule has 0 N–H and O–H groups in total. The Bertz CT molecular complexity index is 1170. The van der Waals surface area contributed by atoms with E-state index in [1.54, 1.807) is 13.2 Å². The van der Waals surface area contributed by atoms with E-state index in [-0.39, 0.29) is 0 Å². The predicted octanol–water partition coefficient (Wildman–Crippen LogP) is 5.38. The van der Waals surface area contributed by atoms with E-state index in [4.69, 9.17) is 4.74 Å². The second-order valence-electron chi connectivity index (χ2n) is 6.89. The Balaban J connectivity index is 0.000000166. The molecule has 0 atom stereocenters. The molecule has 0 saturated carbocycles. The van der Waals surface area contributed by atoms with Crippen molar-refractivity contribution in [3.8, 4) is 5.75 Å². The van der Waals surface area contributed by atoms with Crippen molar-refractivity contribution >= 4 is 39.8 Å². The number of methoxy groups -OCH3 is 1. The number of hydrogen-bond donors (Lipinski definition) is 0. The van der Waals surface area contributed by atoms with Crippen LogP contribution in [0.25, 0.3) is 21.5 Å². The van der Waals surface area contributed by atoms with Gasteiger partial charge in [0.05, 0.1) is 7.11 Å². The highest BCUT2D eigenvalue weighted by atomic mass is 16.5. The molecule has 0 fully saturated rings. The van der Waals surface area contributed by atoms with Crippen LogP contribution in [0, 0.1) is 0 Å². The third-order valence-electron chi connectivity index (χ3n) is 4.71. The zero-order chi connectivity index (χ0) is 20.8. The Labute approximate surface area is 170 Å². The van der Waals surface area contributed by atoms with E-state index in [0.717, 1.165) is 45.4 Å². The first-order valence-electron chi connectivity index (χ1n) is 9.23. The number of fused-ring (bicyclic) bond motifs is 2. The van der Waals surface area contributed by atoms with Crippen LogP contribution in [0.5, 0.6) is 5.75 Å². The highest BCUT2D eigenvalue weighted by Gasteiger charge is 1.99. The number of nitrogens with zero attached hydrogens (tertiary/aromatic N) is 1. The van der Waals surface area contributed by atoms with E-state index in [2.05, 4.69) is 17.0 Å². The van der Waals surface area contributed by atoms with Crippen molar-refractivity contribution in [1.29, 1.82) is 0 Å². The third-order valence-corrected chi connectivity index (χ3v) is 4.71. The minimum absolute atomic E-state index is 0.697. The van der Waals surface area contributed by atoms with E-state index in [9.17, 15) is 9.59 Å². The van der Waals surface area contributed by atoms with Gasteiger partial charge in [-0.1, -0.05) is 36.4 Å². The number of aldehydes is 2. The Morgan fingerprint density at radius 3 is 1.66 bits per heavy atom. The van der Waals surface area contributed by atoms with Crippen molar-refractivity contribution in [3.63, 3.8) is 0 Å². The van der Waals surface area contributed by atoms with Crippen LogP contribution in [0.1, 0.15) is 20.7 Å². The summed E-state index contributed by atoms with van der Waals surface area (Å²) in [4.78, 5) is 23.2. The van der Waals surface area contributed by atoms with Gasteiger partial charge in [0.2, 0.25) is 0 Å². The number of hydrogen-bond acceptors (Lipinski definition) is 4. The number of ether oxygens (including phenoxy) is 1. The Kier molecular flexibility index (Phi) is 6.25. The summed E-state index contributed by atoms with van der Waals surface area (Å²) < 4.78 is 5.11. The first-order chi connectivity index (χ1) is 14.0. The molecule has 146 valence electrons. The fourth-order valence-electron chi connectivity index (χ4n) is 3.05. The molecule has 0 bridgehead atoms. The Morgan fingerprint density at radius 2 is 1.14 bits per heavy atom. The van der Waals surface area contributed by atoms with Crippen LogP contribution in [0.2, 0.25) is 0 Å². The summed E-state index contributed by atoms with van der Waals surface area (Å²) in [6.45, 7) is 0. The summed E-state index contributed by atoms with van der Waals surface area (Å²) in [5.74, 6) is 0.830. The largest absolute Gasteiger partial charge is 0.497 e. The monoisotopic (exact) mass is 385 g/mol. The van der Waals surface area contributed by atoms with Gasteiger partial charge in [-0.15, -0.1) is 0 Å². The topological polar surface area (TPSA) is 46.6 Å². The molecule has 0 saturated heterocycles. The van der Waals surface area contributed by atoms with E-state index >= 15 is 0 Å². The molecule has 0 aromatic heterocycles. The zero-order valence-electron chi connectivity index (χ0n) is 16.8. The maximum Gasteiger partial charge on any atom is 0.150 e. The van der Waals surface area contributed by atoms with Crippen molar-refractivity contribution in [2.45, 2.75) is 0 Å². The molecule has 0 aliphatic heterocycles. The second-order valence-corrected chi connectivity index (χ2v) is 6.89. The van der Waals surface area contributed by atoms with Crippen LogP contribution in [0.15, 0.2) is 72.8 Å². The average molecular weight is 385 g/mol. The maximum atomic E-state index is 10.6. The van der Waals surface area contributed by atoms with Gasteiger partial charge >= 0.3 is 0 Å². The lowest BCUT2D eigenvalue weighted by molar-refractivity contribution is 0.111. The van der Waals surface area contributed by atoms with Gasteiger partial charge in [-0.25, -0.2) is 0 Å². The summed E-state index contributed by atoms with van der Waals surface area (Å²) in [5, 5.41) is 4.39. The van der Waals surface area contributed by atoms with Crippen molar-refractivity contribution in [1.82, 2.24) is 0 Å². The minimum Gasteiger partial charge on any atom is -0.497 e. The van der Waals surface area contributed by atoms with Crippen molar-refractivity contribution < 1.29 is 14.3 Å². The molecule has 0 radical (unpaired) electrons. The zero-order valence-corrected chi connectivity index (χ0v) is 16.8. The number of rotatable bonds is 4. The fraction of sp³-hybridized carbons (Fsp3) is 0.120. The summed E-state index contributed by atoms with van der Waals surface area (Å²) in [7, 11) is 5.67. The minimum atomic E-state index is 0.697. The molecule has 0 amide bonds. The van der Waals surface area contributed by atoms with Gasteiger partial charge in [-0.3, -0.25) is 9.59 Å². The smallest absolute Gasteiger partial charge is 0.150 e. The number of carbonyl (C=O) groups excluding carboxylic acids is 2. The van der Waals surface area contributed by atoms with Crippen LogP contribution >= 0.6 is 0 Å². The van der Waals surface area contributed by atoms with Crippen LogP contribution in [0.4, 0.5) is 5.69 Å². The van der Waals surface area contributed by atoms with Crippen LogP contribution < -0.4 is 9.64 Å². The molecule has 29 heavy (non-hydrogen) atoms. The van der Waals surface area contributed by atoms with Crippen molar-refractivity contribution in [3.05, 3.63) is 83.9 Å².